The van der Waals surface area contributed by atoms with E-state index in [0.29, 0.717) is 44.2 Å². The molecule has 0 radical (unpaired) electrons. The van der Waals surface area contributed by atoms with Gasteiger partial charge in [0.1, 0.15) is 29.8 Å². The lowest BCUT2D eigenvalue weighted by molar-refractivity contribution is -0.112. The van der Waals surface area contributed by atoms with Crippen LogP contribution < -0.4 is 19.5 Å². The van der Waals surface area contributed by atoms with Gasteiger partial charge in [0.2, 0.25) is 0 Å². The highest BCUT2D eigenvalue weighted by Gasteiger charge is 2.15. The first-order chi connectivity index (χ1) is 16.4. The summed E-state index contributed by atoms with van der Waals surface area (Å²) < 4.78 is 30.9. The fourth-order valence-corrected chi connectivity index (χ4v) is 3.87. The third-order valence-corrected chi connectivity index (χ3v) is 5.40. The standard InChI is InChI=1S/C26H22FIN2O4/c1-3-33-22-9-5-8-21(14-22)30-26(31)19(15-29)10-18-12-23(28)25(24(13-18)32-2)34-16-17-6-4-7-20(27)11-17/h4-14H,3,16H2,1-2H3,(H,30,31)/b19-10-. The molecule has 0 bridgehead atoms. The summed E-state index contributed by atoms with van der Waals surface area (Å²) >= 11 is 2.08. The summed E-state index contributed by atoms with van der Waals surface area (Å²) in [4.78, 5) is 12.7. The second-order valence-corrected chi connectivity index (χ2v) is 8.20. The molecule has 3 rings (SSSR count). The molecule has 6 nitrogen and oxygen atoms in total. The van der Waals surface area contributed by atoms with Crippen LogP contribution in [0.3, 0.4) is 0 Å². The Kier molecular flexibility index (Phi) is 8.87. The molecule has 0 fully saturated rings. The maximum atomic E-state index is 13.4. The van der Waals surface area contributed by atoms with Gasteiger partial charge in [-0.3, -0.25) is 4.79 Å². The van der Waals surface area contributed by atoms with Crippen molar-refractivity contribution in [2.24, 2.45) is 0 Å². The Morgan fingerprint density at radius 2 is 1.94 bits per heavy atom. The van der Waals surface area contributed by atoms with Gasteiger partial charge in [-0.25, -0.2) is 4.39 Å². The van der Waals surface area contributed by atoms with E-state index in [-0.39, 0.29) is 18.0 Å². The van der Waals surface area contributed by atoms with E-state index >= 15 is 0 Å². The molecule has 0 heterocycles. The number of rotatable bonds is 9. The number of carbonyl (C=O) groups is 1. The van der Waals surface area contributed by atoms with Crippen LogP contribution in [0, 0.1) is 20.7 Å². The third-order valence-electron chi connectivity index (χ3n) is 4.60. The summed E-state index contributed by atoms with van der Waals surface area (Å²) in [6, 6.07) is 18.5. The topological polar surface area (TPSA) is 80.6 Å². The van der Waals surface area contributed by atoms with Crippen molar-refractivity contribution in [2.45, 2.75) is 13.5 Å². The third kappa shape index (κ3) is 6.71. The number of hydrogen-bond acceptors (Lipinski definition) is 5. The number of nitriles is 1. The highest BCUT2D eigenvalue weighted by atomic mass is 127. The molecule has 1 N–H and O–H groups in total. The van der Waals surface area contributed by atoms with Crippen LogP contribution in [0.2, 0.25) is 0 Å². The molecule has 0 saturated heterocycles. The highest BCUT2D eigenvalue weighted by molar-refractivity contribution is 14.1. The van der Waals surface area contributed by atoms with Crippen molar-refractivity contribution in [2.75, 3.05) is 19.0 Å². The summed E-state index contributed by atoms with van der Waals surface area (Å²) in [5.74, 6) is 0.652. The first-order valence-corrected chi connectivity index (χ1v) is 11.4. The molecule has 0 aliphatic heterocycles. The molecule has 0 aromatic heterocycles. The van der Waals surface area contributed by atoms with E-state index in [0.717, 1.165) is 0 Å². The van der Waals surface area contributed by atoms with E-state index in [4.69, 9.17) is 14.2 Å². The second-order valence-electron chi connectivity index (χ2n) is 7.04. The molecular formula is C26H22FIN2O4. The fourth-order valence-electron chi connectivity index (χ4n) is 3.09. The van der Waals surface area contributed by atoms with Crippen LogP contribution in [0.15, 0.2) is 66.2 Å². The predicted octanol–water partition coefficient (Wildman–Crippen LogP) is 5.96. The molecule has 174 valence electrons. The molecule has 0 spiro atoms. The smallest absolute Gasteiger partial charge is 0.266 e. The number of ether oxygens (including phenoxy) is 3. The maximum absolute atomic E-state index is 13.4. The fraction of sp³-hybridized carbons (Fsp3) is 0.154. The molecule has 0 aliphatic carbocycles. The first-order valence-electron chi connectivity index (χ1n) is 10.3. The summed E-state index contributed by atoms with van der Waals surface area (Å²) in [6.45, 7) is 2.53. The second kappa shape index (κ2) is 12.0. The van der Waals surface area contributed by atoms with Crippen molar-refractivity contribution >= 4 is 40.3 Å². The molecule has 3 aromatic carbocycles. The van der Waals surface area contributed by atoms with E-state index in [1.54, 1.807) is 48.5 Å². The van der Waals surface area contributed by atoms with Gasteiger partial charge in [0.05, 0.1) is 17.3 Å². The quantitative estimate of drug-likeness (QED) is 0.195. The van der Waals surface area contributed by atoms with E-state index in [2.05, 4.69) is 27.9 Å². The lowest BCUT2D eigenvalue weighted by Crippen LogP contribution is -2.13. The number of halogens is 2. The van der Waals surface area contributed by atoms with Gasteiger partial charge in [-0.15, -0.1) is 0 Å². The minimum atomic E-state index is -0.545. The number of anilines is 1. The molecule has 0 atom stereocenters. The summed E-state index contributed by atoms with van der Waals surface area (Å²) in [5.41, 5.74) is 1.71. The molecular weight excluding hydrogens is 550 g/mol. The summed E-state index contributed by atoms with van der Waals surface area (Å²) in [5, 5.41) is 12.3. The number of hydrogen-bond donors (Lipinski definition) is 1. The molecule has 0 unspecified atom stereocenters. The Labute approximate surface area is 211 Å². The zero-order valence-electron chi connectivity index (χ0n) is 18.6. The van der Waals surface area contributed by atoms with Crippen LogP contribution in [-0.4, -0.2) is 19.6 Å². The van der Waals surface area contributed by atoms with Crippen LogP contribution in [-0.2, 0) is 11.4 Å². The zero-order valence-corrected chi connectivity index (χ0v) is 20.8. The maximum Gasteiger partial charge on any atom is 0.266 e. The van der Waals surface area contributed by atoms with Crippen LogP contribution in [0.25, 0.3) is 6.08 Å². The van der Waals surface area contributed by atoms with E-state index < -0.39 is 5.91 Å². The largest absolute Gasteiger partial charge is 0.494 e. The first kappa shape index (κ1) is 25.1. The molecule has 0 aliphatic rings. The van der Waals surface area contributed by atoms with Crippen LogP contribution in [0.1, 0.15) is 18.1 Å². The lowest BCUT2D eigenvalue weighted by Gasteiger charge is -2.14. The van der Waals surface area contributed by atoms with Crippen LogP contribution in [0.4, 0.5) is 10.1 Å². The van der Waals surface area contributed by atoms with E-state index in [1.807, 2.05) is 13.0 Å². The van der Waals surface area contributed by atoms with Gasteiger partial charge in [-0.2, -0.15) is 5.26 Å². The van der Waals surface area contributed by atoms with Gasteiger partial charge in [0.25, 0.3) is 5.91 Å². The SMILES string of the molecule is CCOc1cccc(NC(=O)/C(C#N)=C\c2cc(I)c(OCc3cccc(F)c3)c(OC)c2)c1. The zero-order chi connectivity index (χ0) is 24.5. The van der Waals surface area contributed by atoms with E-state index in [9.17, 15) is 14.4 Å². The van der Waals surface area contributed by atoms with Crippen molar-refractivity contribution in [1.29, 1.82) is 5.26 Å². The summed E-state index contributed by atoms with van der Waals surface area (Å²) in [7, 11) is 1.50. The number of methoxy groups -OCH3 is 1. The van der Waals surface area contributed by atoms with Gasteiger partial charge < -0.3 is 19.5 Å². The molecule has 1 amide bonds. The van der Waals surface area contributed by atoms with Crippen molar-refractivity contribution < 1.29 is 23.4 Å². The Morgan fingerprint density at radius 1 is 1.15 bits per heavy atom. The van der Waals surface area contributed by atoms with E-state index in [1.165, 1.54) is 25.3 Å². The molecule has 0 saturated carbocycles. The average molecular weight is 572 g/mol. The molecule has 3 aromatic rings. The normalized spacial score (nSPS) is 10.9. The molecule has 8 heteroatoms. The Balaban J connectivity index is 1.80. The minimum absolute atomic E-state index is 0.0758. The Hall–Kier alpha value is -3.58. The number of nitrogens with zero attached hydrogens (tertiary/aromatic N) is 1. The van der Waals surface area contributed by atoms with Crippen molar-refractivity contribution in [3.05, 3.63) is 86.8 Å². The monoisotopic (exact) mass is 572 g/mol. The minimum Gasteiger partial charge on any atom is -0.494 e. The predicted molar refractivity (Wildman–Crippen MR) is 136 cm³/mol. The van der Waals surface area contributed by atoms with Crippen LogP contribution in [0.5, 0.6) is 17.2 Å². The Bertz CT molecular complexity index is 1250. The van der Waals surface area contributed by atoms with Gasteiger partial charge in [-0.05, 0) is 83.1 Å². The lowest BCUT2D eigenvalue weighted by atomic mass is 10.1. The summed E-state index contributed by atoms with van der Waals surface area (Å²) in [6.07, 6.45) is 1.47. The Morgan fingerprint density at radius 3 is 2.65 bits per heavy atom. The van der Waals surface area contributed by atoms with Crippen LogP contribution >= 0.6 is 22.6 Å². The van der Waals surface area contributed by atoms with Gasteiger partial charge in [0.15, 0.2) is 11.5 Å². The number of nitrogens with one attached hydrogen (secondary N) is 1. The van der Waals surface area contributed by atoms with Crippen molar-refractivity contribution in [3.63, 3.8) is 0 Å². The number of carbonyl (C=O) groups excluding carboxylic acids is 1. The number of benzene rings is 3. The van der Waals surface area contributed by atoms with Crippen molar-refractivity contribution in [1.82, 2.24) is 0 Å². The van der Waals surface area contributed by atoms with Gasteiger partial charge in [0, 0.05) is 11.8 Å². The number of amides is 1. The van der Waals surface area contributed by atoms with Gasteiger partial charge >= 0.3 is 0 Å². The van der Waals surface area contributed by atoms with Gasteiger partial charge in [-0.1, -0.05) is 18.2 Å². The average Bonchev–Trinajstić information content (AvgIpc) is 2.82. The highest BCUT2D eigenvalue weighted by Crippen LogP contribution is 2.35. The van der Waals surface area contributed by atoms with Crippen molar-refractivity contribution in [3.8, 4) is 23.3 Å². The molecule has 34 heavy (non-hydrogen) atoms.